The van der Waals surface area contributed by atoms with Gasteiger partial charge in [0.15, 0.2) is 0 Å². The standard InChI is InChI=1S/C23H18FNO5S/c1-2-30-23(27)16-10-11-21-19(13-16)25(14-15-6-5-7-17(24)12-15)22(26)18-8-3-4-9-20(18)31(21,28)29/h3-13H,2,14H2,1H3. The third-order valence-corrected chi connectivity index (χ3v) is 6.79. The van der Waals surface area contributed by atoms with Gasteiger partial charge in [0, 0.05) is 0 Å². The molecule has 0 unspecified atom stereocenters. The Bertz CT molecular complexity index is 1300. The first-order valence-corrected chi connectivity index (χ1v) is 11.0. The highest BCUT2D eigenvalue weighted by molar-refractivity contribution is 7.91. The first-order chi connectivity index (χ1) is 14.8. The second-order valence-corrected chi connectivity index (χ2v) is 8.81. The predicted octanol–water partition coefficient (Wildman–Crippen LogP) is 4.00. The number of halogens is 1. The van der Waals surface area contributed by atoms with E-state index in [2.05, 4.69) is 0 Å². The van der Waals surface area contributed by atoms with Crippen molar-refractivity contribution in [2.75, 3.05) is 11.5 Å². The fourth-order valence-electron chi connectivity index (χ4n) is 3.52. The number of rotatable bonds is 4. The number of carbonyl (C=O) groups excluding carboxylic acids is 2. The van der Waals surface area contributed by atoms with Crippen LogP contribution in [0.15, 0.2) is 76.5 Å². The summed E-state index contributed by atoms with van der Waals surface area (Å²) in [6.45, 7) is 1.72. The smallest absolute Gasteiger partial charge is 0.338 e. The number of anilines is 1. The van der Waals surface area contributed by atoms with Crippen molar-refractivity contribution in [2.45, 2.75) is 23.3 Å². The van der Waals surface area contributed by atoms with Crippen LogP contribution in [0, 0.1) is 5.82 Å². The van der Waals surface area contributed by atoms with Gasteiger partial charge in [0.05, 0.1) is 39.8 Å². The average molecular weight is 439 g/mol. The molecule has 0 aliphatic carbocycles. The summed E-state index contributed by atoms with van der Waals surface area (Å²) in [6, 6.07) is 15.6. The van der Waals surface area contributed by atoms with Gasteiger partial charge in [-0.25, -0.2) is 17.6 Å². The lowest BCUT2D eigenvalue weighted by molar-refractivity contribution is 0.0526. The third kappa shape index (κ3) is 3.70. The first kappa shape index (κ1) is 20.7. The third-order valence-electron chi connectivity index (χ3n) is 4.93. The van der Waals surface area contributed by atoms with Gasteiger partial charge in [0.1, 0.15) is 5.82 Å². The van der Waals surface area contributed by atoms with Crippen LogP contribution in [0.3, 0.4) is 0 Å². The van der Waals surface area contributed by atoms with E-state index in [1.54, 1.807) is 25.1 Å². The van der Waals surface area contributed by atoms with Gasteiger partial charge < -0.3 is 9.64 Å². The Morgan fingerprint density at radius 3 is 2.52 bits per heavy atom. The Morgan fingerprint density at radius 1 is 1.00 bits per heavy atom. The van der Waals surface area contributed by atoms with Gasteiger partial charge in [-0.05, 0) is 55.0 Å². The van der Waals surface area contributed by atoms with Crippen LogP contribution in [0.1, 0.15) is 33.2 Å². The fourth-order valence-corrected chi connectivity index (χ4v) is 5.15. The summed E-state index contributed by atoms with van der Waals surface area (Å²) < 4.78 is 45.5. The summed E-state index contributed by atoms with van der Waals surface area (Å²) >= 11 is 0. The van der Waals surface area contributed by atoms with Crippen LogP contribution in [0.5, 0.6) is 0 Å². The number of hydrogen-bond donors (Lipinski definition) is 0. The minimum absolute atomic E-state index is 0.00721. The number of ether oxygens (including phenoxy) is 1. The molecule has 6 nitrogen and oxygen atoms in total. The highest BCUT2D eigenvalue weighted by atomic mass is 32.2. The van der Waals surface area contributed by atoms with E-state index in [1.165, 1.54) is 53.4 Å². The van der Waals surface area contributed by atoms with Crippen LogP contribution < -0.4 is 4.90 Å². The molecular formula is C23H18FNO5S. The van der Waals surface area contributed by atoms with E-state index in [1.807, 2.05) is 0 Å². The van der Waals surface area contributed by atoms with Crippen LogP contribution in [0.25, 0.3) is 0 Å². The van der Waals surface area contributed by atoms with Crippen LogP contribution in [-0.4, -0.2) is 26.9 Å². The first-order valence-electron chi connectivity index (χ1n) is 9.54. The maximum Gasteiger partial charge on any atom is 0.338 e. The van der Waals surface area contributed by atoms with E-state index in [9.17, 15) is 22.4 Å². The van der Waals surface area contributed by atoms with Gasteiger partial charge in [0.25, 0.3) is 5.91 Å². The lowest BCUT2D eigenvalue weighted by atomic mass is 10.1. The molecule has 1 amide bonds. The molecule has 1 aliphatic rings. The molecule has 0 fully saturated rings. The largest absolute Gasteiger partial charge is 0.462 e. The van der Waals surface area contributed by atoms with Gasteiger partial charge >= 0.3 is 5.97 Å². The van der Waals surface area contributed by atoms with Gasteiger partial charge in [-0.2, -0.15) is 0 Å². The van der Waals surface area contributed by atoms with Crippen LogP contribution in [-0.2, 0) is 21.1 Å². The molecule has 0 aromatic heterocycles. The van der Waals surface area contributed by atoms with Gasteiger partial charge in [-0.3, -0.25) is 4.79 Å². The fraction of sp³-hybridized carbons (Fsp3) is 0.130. The molecule has 1 aliphatic heterocycles. The highest BCUT2D eigenvalue weighted by Crippen LogP contribution is 2.38. The average Bonchev–Trinajstić information content (AvgIpc) is 2.82. The van der Waals surface area contributed by atoms with Crippen molar-refractivity contribution in [3.8, 4) is 0 Å². The summed E-state index contributed by atoms with van der Waals surface area (Å²) in [6.07, 6.45) is 0. The number of nitrogens with zero attached hydrogens (tertiary/aromatic N) is 1. The van der Waals surface area contributed by atoms with Crippen molar-refractivity contribution in [3.05, 3.63) is 89.2 Å². The Kier molecular flexibility index (Phi) is 5.32. The summed E-state index contributed by atoms with van der Waals surface area (Å²) in [5, 5.41) is 0. The summed E-state index contributed by atoms with van der Waals surface area (Å²) in [5.41, 5.74) is 0.625. The molecule has 3 aromatic carbocycles. The maximum absolute atomic E-state index is 13.8. The van der Waals surface area contributed by atoms with Gasteiger partial charge in [-0.1, -0.05) is 24.3 Å². The molecule has 31 heavy (non-hydrogen) atoms. The van der Waals surface area contributed by atoms with Crippen LogP contribution >= 0.6 is 0 Å². The van der Waals surface area contributed by atoms with Crippen molar-refractivity contribution in [2.24, 2.45) is 0 Å². The van der Waals surface area contributed by atoms with Crippen molar-refractivity contribution in [3.63, 3.8) is 0 Å². The Hall–Kier alpha value is -3.52. The number of hydrogen-bond acceptors (Lipinski definition) is 5. The van der Waals surface area contributed by atoms with E-state index in [0.717, 1.165) is 0 Å². The van der Waals surface area contributed by atoms with E-state index >= 15 is 0 Å². The van der Waals surface area contributed by atoms with E-state index in [4.69, 9.17) is 4.74 Å². The van der Waals surface area contributed by atoms with Crippen molar-refractivity contribution in [1.29, 1.82) is 0 Å². The quantitative estimate of drug-likeness (QED) is 0.574. The summed E-state index contributed by atoms with van der Waals surface area (Å²) in [4.78, 5) is 26.7. The molecule has 4 rings (SSSR count). The van der Waals surface area contributed by atoms with Crippen LogP contribution in [0.4, 0.5) is 10.1 Å². The molecule has 0 saturated heterocycles. The van der Waals surface area contributed by atoms with E-state index < -0.39 is 27.5 Å². The molecule has 0 N–H and O–H groups in total. The lowest BCUT2D eigenvalue weighted by Gasteiger charge is -2.23. The molecule has 158 valence electrons. The normalized spacial score (nSPS) is 14.4. The lowest BCUT2D eigenvalue weighted by Crippen LogP contribution is -2.30. The molecule has 1 heterocycles. The number of sulfone groups is 1. The monoisotopic (exact) mass is 439 g/mol. The molecule has 0 spiro atoms. The second kappa shape index (κ2) is 7.96. The summed E-state index contributed by atoms with van der Waals surface area (Å²) in [7, 11) is -4.05. The minimum Gasteiger partial charge on any atom is -0.462 e. The molecule has 0 saturated carbocycles. The SMILES string of the molecule is CCOC(=O)c1ccc2c(c1)N(Cc1cccc(F)c1)C(=O)c1ccccc1S2(=O)=O. The molecule has 3 aromatic rings. The number of carbonyl (C=O) groups is 2. The molecule has 0 radical (unpaired) electrons. The summed E-state index contributed by atoms with van der Waals surface area (Å²) in [5.74, 6) is -1.68. The minimum atomic E-state index is -4.05. The van der Waals surface area contributed by atoms with Crippen molar-refractivity contribution < 1.29 is 27.1 Å². The number of fused-ring (bicyclic) bond motifs is 2. The molecular weight excluding hydrogens is 421 g/mol. The Labute approximate surface area is 178 Å². The van der Waals surface area contributed by atoms with Gasteiger partial charge in [-0.15, -0.1) is 0 Å². The molecule has 0 atom stereocenters. The highest BCUT2D eigenvalue weighted by Gasteiger charge is 2.36. The van der Waals surface area contributed by atoms with Crippen molar-refractivity contribution in [1.82, 2.24) is 0 Å². The zero-order chi connectivity index (χ0) is 22.2. The topological polar surface area (TPSA) is 80.8 Å². The number of benzene rings is 3. The zero-order valence-corrected chi connectivity index (χ0v) is 17.4. The van der Waals surface area contributed by atoms with Crippen LogP contribution in [0.2, 0.25) is 0 Å². The number of esters is 1. The van der Waals surface area contributed by atoms with E-state index in [0.29, 0.717) is 5.56 Å². The predicted molar refractivity (Wildman–Crippen MR) is 111 cm³/mol. The van der Waals surface area contributed by atoms with Crippen molar-refractivity contribution >= 4 is 27.4 Å². The van der Waals surface area contributed by atoms with E-state index in [-0.39, 0.29) is 39.8 Å². The Morgan fingerprint density at radius 2 is 1.77 bits per heavy atom. The number of amides is 1. The maximum atomic E-state index is 13.8. The Balaban J connectivity index is 1.96. The molecule has 8 heteroatoms. The second-order valence-electron chi connectivity index (χ2n) is 6.92. The molecule has 0 bridgehead atoms. The zero-order valence-electron chi connectivity index (χ0n) is 16.5. The van der Waals surface area contributed by atoms with Gasteiger partial charge in [0.2, 0.25) is 9.84 Å².